The number of allylic oxidation sites excluding steroid dienone is 1. The number of carbonyl (C=O) groups is 1. The molecule has 0 saturated carbocycles. The maximum atomic E-state index is 12.6. The molecule has 0 aromatic heterocycles. The molecule has 5 heteroatoms. The lowest BCUT2D eigenvalue weighted by Gasteiger charge is -2.21. The first-order valence-corrected chi connectivity index (χ1v) is 30.5. The predicted molar refractivity (Wildman–Crippen MR) is 292 cm³/mol. The maximum Gasteiger partial charge on any atom is 0.249 e. The third kappa shape index (κ3) is 51.0. The quantitative estimate of drug-likeness (QED) is 0.0361. The predicted octanol–water partition coefficient (Wildman–Crippen LogP) is 19.1. The van der Waals surface area contributed by atoms with Gasteiger partial charge in [0.1, 0.15) is 6.10 Å². The highest BCUT2D eigenvalue weighted by Gasteiger charge is 2.22. The highest BCUT2D eigenvalue weighted by Crippen LogP contribution is 2.19. The minimum Gasteiger partial charge on any atom is -0.394 e. The first-order chi connectivity index (χ1) is 32.6. The number of unbranched alkanes of at least 4 members (excludes halogenated alkanes) is 49. The van der Waals surface area contributed by atoms with Crippen LogP contribution in [0, 0.1) is 0 Å². The summed E-state index contributed by atoms with van der Waals surface area (Å²) in [5.41, 5.74) is 0. The summed E-state index contributed by atoms with van der Waals surface area (Å²) in [5, 5.41) is 33.4. The zero-order valence-corrected chi connectivity index (χ0v) is 45.1. The molecular weight excluding hydrogens is 811 g/mol. The van der Waals surface area contributed by atoms with Crippen molar-refractivity contribution >= 4 is 5.91 Å². The van der Waals surface area contributed by atoms with Crippen molar-refractivity contribution in [3.05, 3.63) is 12.2 Å². The Labute approximate surface area is 414 Å². The summed E-state index contributed by atoms with van der Waals surface area (Å²) in [6.07, 6.45) is 71.7. The number of aliphatic hydroxyl groups is 3. The summed E-state index contributed by atoms with van der Waals surface area (Å²) in [4.78, 5) is 12.6. The van der Waals surface area contributed by atoms with Crippen LogP contribution in [0.3, 0.4) is 0 Å². The molecular formula is C61H121NO4. The van der Waals surface area contributed by atoms with Gasteiger partial charge in [0.15, 0.2) is 0 Å². The Morgan fingerprint density at radius 1 is 0.364 bits per heavy atom. The summed E-state index contributed by atoms with van der Waals surface area (Å²) in [7, 11) is 0. The number of rotatable bonds is 57. The Morgan fingerprint density at radius 2 is 0.591 bits per heavy atom. The summed E-state index contributed by atoms with van der Waals surface area (Å²) in [6.45, 7) is 4.23. The highest BCUT2D eigenvalue weighted by atomic mass is 16.3. The van der Waals surface area contributed by atoms with Crippen LogP contribution in [0.5, 0.6) is 0 Å². The van der Waals surface area contributed by atoms with Crippen molar-refractivity contribution in [2.24, 2.45) is 0 Å². The molecule has 0 saturated heterocycles. The molecule has 5 nitrogen and oxygen atoms in total. The van der Waals surface area contributed by atoms with Gasteiger partial charge in [0, 0.05) is 0 Å². The van der Waals surface area contributed by atoms with Crippen LogP contribution in [0.25, 0.3) is 0 Å². The molecule has 0 rings (SSSR count). The van der Waals surface area contributed by atoms with Crippen molar-refractivity contribution in [1.82, 2.24) is 5.32 Å². The first-order valence-electron chi connectivity index (χ1n) is 30.5. The van der Waals surface area contributed by atoms with Crippen LogP contribution >= 0.6 is 0 Å². The van der Waals surface area contributed by atoms with E-state index >= 15 is 0 Å². The monoisotopic (exact) mass is 932 g/mol. The van der Waals surface area contributed by atoms with Crippen LogP contribution in [-0.2, 0) is 4.79 Å². The van der Waals surface area contributed by atoms with Gasteiger partial charge in [-0.3, -0.25) is 4.79 Å². The van der Waals surface area contributed by atoms with Crippen LogP contribution in [0.2, 0.25) is 0 Å². The Kier molecular flexibility index (Phi) is 55.9. The zero-order chi connectivity index (χ0) is 47.9. The van der Waals surface area contributed by atoms with Crippen molar-refractivity contribution in [2.45, 2.75) is 366 Å². The molecule has 394 valence electrons. The lowest BCUT2D eigenvalue weighted by Crippen LogP contribution is -2.48. The molecule has 0 spiro atoms. The molecule has 0 heterocycles. The van der Waals surface area contributed by atoms with Gasteiger partial charge in [-0.1, -0.05) is 341 Å². The molecule has 3 unspecified atom stereocenters. The van der Waals surface area contributed by atoms with Gasteiger partial charge in [0.05, 0.1) is 18.8 Å². The van der Waals surface area contributed by atoms with E-state index in [-0.39, 0.29) is 6.61 Å². The van der Waals surface area contributed by atoms with E-state index in [2.05, 4.69) is 19.2 Å². The second-order valence-electron chi connectivity index (χ2n) is 21.3. The fourth-order valence-corrected chi connectivity index (χ4v) is 9.90. The minimum absolute atomic E-state index is 0.358. The molecule has 0 aromatic carbocycles. The molecule has 0 aliphatic rings. The fourth-order valence-electron chi connectivity index (χ4n) is 9.90. The Hall–Kier alpha value is -0.910. The number of hydrogen-bond donors (Lipinski definition) is 4. The second-order valence-corrected chi connectivity index (χ2v) is 21.3. The number of carbonyl (C=O) groups excluding carboxylic acids is 1. The average Bonchev–Trinajstić information content (AvgIpc) is 3.32. The lowest BCUT2D eigenvalue weighted by atomic mass is 10.0. The van der Waals surface area contributed by atoms with Gasteiger partial charge in [0.25, 0.3) is 0 Å². The van der Waals surface area contributed by atoms with Gasteiger partial charge in [-0.05, 0) is 19.3 Å². The first kappa shape index (κ1) is 65.1. The third-order valence-electron chi connectivity index (χ3n) is 14.6. The van der Waals surface area contributed by atoms with E-state index in [0.717, 1.165) is 32.1 Å². The molecule has 0 radical (unpaired) electrons. The number of nitrogens with one attached hydrogen (secondary N) is 1. The molecule has 0 aliphatic carbocycles. The summed E-state index contributed by atoms with van der Waals surface area (Å²) in [6, 6.07) is -0.795. The highest BCUT2D eigenvalue weighted by molar-refractivity contribution is 5.80. The third-order valence-corrected chi connectivity index (χ3v) is 14.6. The van der Waals surface area contributed by atoms with Crippen molar-refractivity contribution in [3.8, 4) is 0 Å². The number of hydrogen-bond acceptors (Lipinski definition) is 4. The molecule has 3 atom stereocenters. The molecule has 0 aromatic rings. The van der Waals surface area contributed by atoms with Gasteiger partial charge in [0.2, 0.25) is 5.91 Å². The summed E-state index contributed by atoms with van der Waals surface area (Å²) in [5.74, 6) is -0.495. The Balaban J connectivity index is 3.48. The minimum atomic E-state index is -1.09. The van der Waals surface area contributed by atoms with Crippen LogP contribution in [-0.4, -0.2) is 46.1 Å². The van der Waals surface area contributed by atoms with E-state index in [0.29, 0.717) is 6.42 Å². The van der Waals surface area contributed by atoms with Gasteiger partial charge < -0.3 is 20.6 Å². The van der Waals surface area contributed by atoms with E-state index in [1.807, 2.05) is 6.08 Å². The van der Waals surface area contributed by atoms with Gasteiger partial charge >= 0.3 is 0 Å². The van der Waals surface area contributed by atoms with E-state index in [9.17, 15) is 20.1 Å². The zero-order valence-electron chi connectivity index (χ0n) is 45.1. The summed E-state index contributed by atoms with van der Waals surface area (Å²) >= 11 is 0. The standard InChI is InChI=1S/C61H121NO4/c1-3-5-7-9-11-13-15-17-19-21-23-25-26-27-28-29-30-31-32-33-34-35-36-38-40-42-44-46-48-50-52-54-56-60(65)61(66)62-58(57-63)59(64)55-53-51-49-47-45-43-41-39-37-24-22-20-18-16-14-12-10-8-6-4-2/h53,55,58-60,63-65H,3-52,54,56-57H2,1-2H3,(H,62,66)/b55-53+. The number of amides is 1. The van der Waals surface area contributed by atoms with Gasteiger partial charge in [-0.25, -0.2) is 0 Å². The van der Waals surface area contributed by atoms with Crippen molar-refractivity contribution in [2.75, 3.05) is 6.61 Å². The molecule has 1 amide bonds. The molecule has 0 aliphatic heterocycles. The van der Waals surface area contributed by atoms with E-state index in [1.165, 1.54) is 295 Å². The van der Waals surface area contributed by atoms with Crippen LogP contribution in [0.15, 0.2) is 12.2 Å². The van der Waals surface area contributed by atoms with Crippen molar-refractivity contribution < 1.29 is 20.1 Å². The van der Waals surface area contributed by atoms with Crippen LogP contribution in [0.4, 0.5) is 0 Å². The molecule has 4 N–H and O–H groups in total. The SMILES string of the molecule is CCCCCCCCCCCCCCCCCCCC/C=C/C(O)C(CO)NC(=O)C(O)CCCCCCCCCCCCCCCCCCCCCCCCCCCCCCCCCC. The van der Waals surface area contributed by atoms with Crippen LogP contribution < -0.4 is 5.32 Å². The van der Waals surface area contributed by atoms with E-state index in [1.54, 1.807) is 6.08 Å². The topological polar surface area (TPSA) is 89.8 Å². The normalized spacial score (nSPS) is 13.2. The second kappa shape index (κ2) is 56.7. The average molecular weight is 933 g/mol. The largest absolute Gasteiger partial charge is 0.394 e. The molecule has 66 heavy (non-hydrogen) atoms. The molecule has 0 fully saturated rings. The molecule has 0 bridgehead atoms. The summed E-state index contributed by atoms with van der Waals surface area (Å²) < 4.78 is 0. The van der Waals surface area contributed by atoms with Crippen molar-refractivity contribution in [3.63, 3.8) is 0 Å². The fraction of sp³-hybridized carbons (Fsp3) is 0.951. The Bertz CT molecular complexity index is 940. The van der Waals surface area contributed by atoms with Crippen LogP contribution in [0.1, 0.15) is 348 Å². The smallest absolute Gasteiger partial charge is 0.249 e. The van der Waals surface area contributed by atoms with Gasteiger partial charge in [-0.2, -0.15) is 0 Å². The van der Waals surface area contributed by atoms with Crippen molar-refractivity contribution in [1.29, 1.82) is 0 Å². The van der Waals surface area contributed by atoms with E-state index in [4.69, 9.17) is 0 Å². The van der Waals surface area contributed by atoms with E-state index < -0.39 is 24.2 Å². The van der Waals surface area contributed by atoms with Gasteiger partial charge in [-0.15, -0.1) is 0 Å². The lowest BCUT2D eigenvalue weighted by molar-refractivity contribution is -0.131. The number of aliphatic hydroxyl groups excluding tert-OH is 3. The maximum absolute atomic E-state index is 12.6. The Morgan fingerprint density at radius 3 is 0.833 bits per heavy atom.